The summed E-state index contributed by atoms with van der Waals surface area (Å²) in [5, 5.41) is 0. The van der Waals surface area contributed by atoms with E-state index in [2.05, 4.69) is 44.8 Å². The van der Waals surface area contributed by atoms with Crippen molar-refractivity contribution in [1.29, 1.82) is 0 Å². The zero-order valence-electron chi connectivity index (χ0n) is 10.5. The third-order valence-corrected chi connectivity index (χ3v) is 3.69. The van der Waals surface area contributed by atoms with Crippen LogP contribution in [0.2, 0.25) is 0 Å². The molecule has 0 aliphatic heterocycles. The zero-order valence-corrected chi connectivity index (χ0v) is 10.5. The molecule has 0 radical (unpaired) electrons. The lowest BCUT2D eigenvalue weighted by molar-refractivity contribution is 0.0729. The fourth-order valence-corrected chi connectivity index (χ4v) is 2.55. The maximum atomic E-state index is 2.55. The largest absolute Gasteiger partial charge is 0.305 e. The molecular formula is C12H26N2. The molecule has 2 atom stereocenters. The highest BCUT2D eigenvalue weighted by Gasteiger charge is 2.30. The van der Waals surface area contributed by atoms with Crippen molar-refractivity contribution in [3.8, 4) is 0 Å². The van der Waals surface area contributed by atoms with Gasteiger partial charge in [0, 0.05) is 18.1 Å². The predicted octanol–water partition coefficient (Wildman–Crippen LogP) is 2.20. The summed E-state index contributed by atoms with van der Waals surface area (Å²) in [6.45, 7) is 4.59. The Bertz CT molecular complexity index is 166. The average molecular weight is 198 g/mol. The summed E-state index contributed by atoms with van der Waals surface area (Å²) in [4.78, 5) is 4.95. The Morgan fingerprint density at radius 3 is 1.86 bits per heavy atom. The molecule has 0 aromatic rings. The summed E-state index contributed by atoms with van der Waals surface area (Å²) in [5.74, 6) is 0. The Morgan fingerprint density at radius 2 is 1.43 bits per heavy atom. The predicted molar refractivity (Wildman–Crippen MR) is 62.6 cm³/mol. The first-order valence-electron chi connectivity index (χ1n) is 5.92. The molecule has 0 heterocycles. The van der Waals surface area contributed by atoms with Gasteiger partial charge < -0.3 is 4.90 Å². The van der Waals surface area contributed by atoms with E-state index in [0.29, 0.717) is 6.04 Å². The lowest BCUT2D eigenvalue weighted by Gasteiger charge is -2.43. The van der Waals surface area contributed by atoms with Gasteiger partial charge in [0.1, 0.15) is 0 Å². The monoisotopic (exact) mass is 198 g/mol. The molecule has 0 aromatic carbocycles. The Labute approximate surface area is 89.3 Å². The van der Waals surface area contributed by atoms with Gasteiger partial charge in [-0.25, -0.2) is 0 Å². The van der Waals surface area contributed by atoms with Crippen molar-refractivity contribution in [3.63, 3.8) is 0 Å². The van der Waals surface area contributed by atoms with Crippen molar-refractivity contribution in [2.24, 2.45) is 0 Å². The van der Waals surface area contributed by atoms with Crippen molar-refractivity contribution >= 4 is 0 Å². The van der Waals surface area contributed by atoms with Gasteiger partial charge in [-0.3, -0.25) is 4.90 Å². The maximum absolute atomic E-state index is 2.55. The molecule has 2 unspecified atom stereocenters. The topological polar surface area (TPSA) is 6.48 Å². The highest BCUT2D eigenvalue weighted by molar-refractivity contribution is 4.87. The lowest BCUT2D eigenvalue weighted by atomic mass is 9.88. The Balaban J connectivity index is 2.62. The maximum Gasteiger partial charge on any atom is 0.0250 e. The SMILES string of the molecule is CC(C)N(C)C1CCCCC1N(C)C. The molecule has 1 aliphatic carbocycles. The van der Waals surface area contributed by atoms with E-state index >= 15 is 0 Å². The molecule has 1 saturated carbocycles. The Kier molecular flexibility index (Phi) is 4.39. The highest BCUT2D eigenvalue weighted by atomic mass is 15.2. The van der Waals surface area contributed by atoms with E-state index in [0.717, 1.165) is 12.1 Å². The number of hydrogen-bond acceptors (Lipinski definition) is 2. The third kappa shape index (κ3) is 2.71. The third-order valence-electron chi connectivity index (χ3n) is 3.69. The van der Waals surface area contributed by atoms with Crippen molar-refractivity contribution in [3.05, 3.63) is 0 Å². The summed E-state index contributed by atoms with van der Waals surface area (Å²) in [6, 6.07) is 2.19. The fourth-order valence-electron chi connectivity index (χ4n) is 2.55. The molecule has 0 saturated heterocycles. The molecule has 14 heavy (non-hydrogen) atoms. The minimum atomic E-state index is 0.667. The van der Waals surface area contributed by atoms with Gasteiger partial charge in [-0.1, -0.05) is 12.8 Å². The van der Waals surface area contributed by atoms with Crippen molar-refractivity contribution < 1.29 is 0 Å². The molecule has 0 aromatic heterocycles. The van der Waals surface area contributed by atoms with Crippen molar-refractivity contribution in [2.75, 3.05) is 21.1 Å². The zero-order chi connectivity index (χ0) is 10.7. The number of hydrogen-bond donors (Lipinski definition) is 0. The molecule has 84 valence electrons. The summed E-state index contributed by atoms with van der Waals surface area (Å²) in [6.07, 6.45) is 5.56. The van der Waals surface area contributed by atoms with Crippen LogP contribution in [0.4, 0.5) is 0 Å². The summed E-state index contributed by atoms with van der Waals surface area (Å²) < 4.78 is 0. The number of likely N-dealkylation sites (N-methyl/N-ethyl adjacent to an activating group) is 2. The van der Waals surface area contributed by atoms with Crippen LogP contribution >= 0.6 is 0 Å². The normalized spacial score (nSPS) is 29.1. The molecule has 1 fully saturated rings. The lowest BCUT2D eigenvalue weighted by Crippen LogP contribution is -2.51. The molecule has 2 nitrogen and oxygen atoms in total. The van der Waals surface area contributed by atoms with Crippen LogP contribution in [0.25, 0.3) is 0 Å². The van der Waals surface area contributed by atoms with Gasteiger partial charge in [-0.15, -0.1) is 0 Å². The van der Waals surface area contributed by atoms with E-state index in [1.807, 2.05) is 0 Å². The van der Waals surface area contributed by atoms with Gasteiger partial charge in [0.2, 0.25) is 0 Å². The number of rotatable bonds is 3. The quantitative estimate of drug-likeness (QED) is 0.686. The van der Waals surface area contributed by atoms with E-state index in [-0.39, 0.29) is 0 Å². The van der Waals surface area contributed by atoms with Gasteiger partial charge in [-0.05, 0) is 47.8 Å². The van der Waals surface area contributed by atoms with Crippen molar-refractivity contribution in [1.82, 2.24) is 9.80 Å². The van der Waals surface area contributed by atoms with Crippen LogP contribution in [0.15, 0.2) is 0 Å². The van der Waals surface area contributed by atoms with Crippen molar-refractivity contribution in [2.45, 2.75) is 57.7 Å². The highest BCUT2D eigenvalue weighted by Crippen LogP contribution is 2.26. The minimum absolute atomic E-state index is 0.667. The number of nitrogens with zero attached hydrogens (tertiary/aromatic N) is 2. The second-order valence-electron chi connectivity index (χ2n) is 5.14. The first-order chi connectivity index (χ1) is 6.54. The first-order valence-corrected chi connectivity index (χ1v) is 5.92. The standard InChI is InChI=1S/C12H26N2/c1-10(2)14(5)12-9-7-6-8-11(12)13(3)4/h10-12H,6-9H2,1-5H3. The average Bonchev–Trinajstić information content (AvgIpc) is 2.16. The van der Waals surface area contributed by atoms with Gasteiger partial charge in [0.15, 0.2) is 0 Å². The van der Waals surface area contributed by atoms with E-state index < -0.39 is 0 Å². The molecule has 1 rings (SSSR count). The van der Waals surface area contributed by atoms with E-state index in [1.165, 1.54) is 25.7 Å². The minimum Gasteiger partial charge on any atom is -0.305 e. The molecule has 0 amide bonds. The fraction of sp³-hybridized carbons (Fsp3) is 1.00. The molecule has 2 heteroatoms. The Hall–Kier alpha value is -0.0800. The summed E-state index contributed by atoms with van der Waals surface area (Å²) in [5.41, 5.74) is 0. The van der Waals surface area contributed by atoms with Crippen LogP contribution in [-0.4, -0.2) is 49.1 Å². The van der Waals surface area contributed by atoms with E-state index in [4.69, 9.17) is 0 Å². The van der Waals surface area contributed by atoms with Crippen LogP contribution in [0.1, 0.15) is 39.5 Å². The Morgan fingerprint density at radius 1 is 0.929 bits per heavy atom. The molecule has 0 bridgehead atoms. The van der Waals surface area contributed by atoms with Crippen LogP contribution in [0, 0.1) is 0 Å². The molecular weight excluding hydrogens is 172 g/mol. The van der Waals surface area contributed by atoms with Gasteiger partial charge in [0.25, 0.3) is 0 Å². The first kappa shape index (κ1) is 12.0. The van der Waals surface area contributed by atoms with Crippen LogP contribution in [-0.2, 0) is 0 Å². The van der Waals surface area contributed by atoms with Gasteiger partial charge in [-0.2, -0.15) is 0 Å². The molecule has 1 aliphatic rings. The van der Waals surface area contributed by atoms with Crippen LogP contribution < -0.4 is 0 Å². The van der Waals surface area contributed by atoms with E-state index in [9.17, 15) is 0 Å². The summed E-state index contributed by atoms with van der Waals surface area (Å²) in [7, 11) is 6.71. The molecule has 0 spiro atoms. The van der Waals surface area contributed by atoms with Gasteiger partial charge in [0.05, 0.1) is 0 Å². The summed E-state index contributed by atoms with van der Waals surface area (Å²) >= 11 is 0. The second kappa shape index (κ2) is 5.13. The smallest absolute Gasteiger partial charge is 0.0250 e. The molecule has 0 N–H and O–H groups in total. The van der Waals surface area contributed by atoms with Gasteiger partial charge >= 0.3 is 0 Å². The van der Waals surface area contributed by atoms with Crippen LogP contribution in [0.5, 0.6) is 0 Å². The van der Waals surface area contributed by atoms with E-state index in [1.54, 1.807) is 0 Å². The van der Waals surface area contributed by atoms with Crippen LogP contribution in [0.3, 0.4) is 0 Å². The second-order valence-corrected chi connectivity index (χ2v) is 5.14.